The lowest BCUT2D eigenvalue weighted by Crippen LogP contribution is -2.54. The van der Waals surface area contributed by atoms with Gasteiger partial charge in [0.05, 0.1) is 12.2 Å². The van der Waals surface area contributed by atoms with E-state index in [1.807, 2.05) is 11.8 Å². The van der Waals surface area contributed by atoms with Gasteiger partial charge in [0.25, 0.3) is 0 Å². The van der Waals surface area contributed by atoms with Gasteiger partial charge in [-0.05, 0) is 32.1 Å². The number of nitrogens with zero attached hydrogens (tertiary/aromatic N) is 1. The van der Waals surface area contributed by atoms with Crippen LogP contribution in [0.25, 0.3) is 0 Å². The fraction of sp³-hybridized carbons (Fsp3) is 0.846. The molecule has 0 spiro atoms. The predicted octanol–water partition coefficient (Wildman–Crippen LogP) is 0.291. The van der Waals surface area contributed by atoms with Gasteiger partial charge >= 0.3 is 0 Å². The Morgan fingerprint density at radius 2 is 2.11 bits per heavy atom. The highest BCUT2D eigenvalue weighted by molar-refractivity contribution is 5.90. The molecule has 0 aromatic heterocycles. The molecule has 0 unspecified atom stereocenters. The normalized spacial score (nSPS) is 36.6. The summed E-state index contributed by atoms with van der Waals surface area (Å²) in [6.45, 7) is 3.36. The fourth-order valence-electron chi connectivity index (χ4n) is 2.91. The average Bonchev–Trinajstić information content (AvgIpc) is 3.10. The maximum Gasteiger partial charge on any atom is 0.245 e. The number of carbonyl (C=O) groups excluding carboxylic acids is 2. The Kier molecular flexibility index (Phi) is 3.01. The maximum atomic E-state index is 12.3. The van der Waals surface area contributed by atoms with Gasteiger partial charge in [-0.3, -0.25) is 9.59 Å². The molecular weight excluding hydrogens is 232 g/mol. The van der Waals surface area contributed by atoms with E-state index in [1.165, 1.54) is 12.8 Å². The van der Waals surface area contributed by atoms with Gasteiger partial charge in [0.2, 0.25) is 11.8 Å². The third-order valence-corrected chi connectivity index (χ3v) is 4.04. The van der Waals surface area contributed by atoms with E-state index in [9.17, 15) is 9.59 Å². The number of hydrogen-bond acceptors (Lipinski definition) is 3. The largest absolute Gasteiger partial charge is 0.371 e. The summed E-state index contributed by atoms with van der Waals surface area (Å²) in [4.78, 5) is 25.4. The SMILES string of the molecule is C[C@H]1CN(C(=O)[C@H]2CCC(=O)N2)C[C@H](C2CC2)O1. The topological polar surface area (TPSA) is 58.6 Å². The van der Waals surface area contributed by atoms with Gasteiger partial charge in [0, 0.05) is 19.5 Å². The molecule has 100 valence electrons. The van der Waals surface area contributed by atoms with E-state index < -0.39 is 0 Å². The monoisotopic (exact) mass is 252 g/mol. The highest BCUT2D eigenvalue weighted by atomic mass is 16.5. The quantitative estimate of drug-likeness (QED) is 0.768. The highest BCUT2D eigenvalue weighted by Gasteiger charge is 2.40. The van der Waals surface area contributed by atoms with Crippen molar-refractivity contribution in [2.75, 3.05) is 13.1 Å². The minimum atomic E-state index is -0.303. The molecule has 2 heterocycles. The fourth-order valence-corrected chi connectivity index (χ4v) is 2.91. The van der Waals surface area contributed by atoms with E-state index in [2.05, 4.69) is 5.32 Å². The van der Waals surface area contributed by atoms with Crippen molar-refractivity contribution in [1.29, 1.82) is 0 Å². The Morgan fingerprint density at radius 3 is 2.72 bits per heavy atom. The van der Waals surface area contributed by atoms with Gasteiger partial charge in [0.1, 0.15) is 6.04 Å². The van der Waals surface area contributed by atoms with Gasteiger partial charge in [0.15, 0.2) is 0 Å². The smallest absolute Gasteiger partial charge is 0.245 e. The summed E-state index contributed by atoms with van der Waals surface area (Å²) in [5, 5.41) is 2.75. The summed E-state index contributed by atoms with van der Waals surface area (Å²) < 4.78 is 5.89. The zero-order chi connectivity index (χ0) is 12.7. The first-order valence-corrected chi connectivity index (χ1v) is 6.87. The molecule has 2 aliphatic heterocycles. The first-order valence-electron chi connectivity index (χ1n) is 6.87. The van der Waals surface area contributed by atoms with E-state index >= 15 is 0 Å². The van der Waals surface area contributed by atoms with Crippen LogP contribution >= 0.6 is 0 Å². The lowest BCUT2D eigenvalue weighted by Gasteiger charge is -2.38. The first kappa shape index (κ1) is 12.0. The summed E-state index contributed by atoms with van der Waals surface area (Å²) >= 11 is 0. The number of ether oxygens (including phenoxy) is 1. The molecule has 3 aliphatic rings. The standard InChI is InChI=1S/C13H20N2O3/c1-8-6-15(7-11(18-8)9-2-3-9)13(17)10-4-5-12(16)14-10/h8-11H,2-7H2,1H3,(H,14,16)/t8-,10+,11+/m0/s1. The van der Waals surface area contributed by atoms with Crippen LogP contribution in [0, 0.1) is 5.92 Å². The molecule has 2 amide bonds. The van der Waals surface area contributed by atoms with Gasteiger partial charge in [-0.15, -0.1) is 0 Å². The van der Waals surface area contributed by atoms with Crippen LogP contribution in [0.15, 0.2) is 0 Å². The van der Waals surface area contributed by atoms with Crippen molar-refractivity contribution in [3.05, 3.63) is 0 Å². The molecule has 0 aromatic carbocycles. The van der Waals surface area contributed by atoms with E-state index in [-0.39, 0.29) is 30.1 Å². The molecule has 0 aromatic rings. The van der Waals surface area contributed by atoms with Crippen LogP contribution in [0.4, 0.5) is 0 Å². The Bertz CT molecular complexity index is 367. The van der Waals surface area contributed by atoms with Gasteiger partial charge in [-0.1, -0.05) is 0 Å². The Labute approximate surface area is 107 Å². The third-order valence-electron chi connectivity index (χ3n) is 4.04. The molecule has 5 heteroatoms. The zero-order valence-corrected chi connectivity index (χ0v) is 10.7. The molecule has 1 saturated carbocycles. The van der Waals surface area contributed by atoms with Crippen LogP contribution in [-0.4, -0.2) is 48.1 Å². The molecule has 2 saturated heterocycles. The van der Waals surface area contributed by atoms with E-state index in [0.717, 1.165) is 0 Å². The van der Waals surface area contributed by atoms with Crippen molar-refractivity contribution in [3.8, 4) is 0 Å². The number of hydrogen-bond donors (Lipinski definition) is 1. The molecule has 1 N–H and O–H groups in total. The second-order valence-electron chi connectivity index (χ2n) is 5.72. The van der Waals surface area contributed by atoms with Crippen molar-refractivity contribution in [3.63, 3.8) is 0 Å². The number of amides is 2. The summed E-state index contributed by atoms with van der Waals surface area (Å²) in [5.41, 5.74) is 0. The molecule has 0 radical (unpaired) electrons. The number of carbonyl (C=O) groups is 2. The van der Waals surface area contributed by atoms with Crippen molar-refractivity contribution >= 4 is 11.8 Å². The van der Waals surface area contributed by atoms with Gasteiger partial charge in [-0.2, -0.15) is 0 Å². The molecular formula is C13H20N2O3. The van der Waals surface area contributed by atoms with Crippen molar-refractivity contribution in [2.45, 2.75) is 50.9 Å². The van der Waals surface area contributed by atoms with Crippen LogP contribution in [0.2, 0.25) is 0 Å². The number of morpholine rings is 1. The lowest BCUT2D eigenvalue weighted by molar-refractivity contribution is -0.148. The van der Waals surface area contributed by atoms with Crippen LogP contribution in [-0.2, 0) is 14.3 Å². The van der Waals surface area contributed by atoms with Crippen molar-refractivity contribution < 1.29 is 14.3 Å². The maximum absolute atomic E-state index is 12.3. The highest BCUT2D eigenvalue weighted by Crippen LogP contribution is 2.36. The van der Waals surface area contributed by atoms with E-state index in [1.54, 1.807) is 0 Å². The first-order chi connectivity index (χ1) is 8.63. The summed E-state index contributed by atoms with van der Waals surface area (Å²) in [6, 6.07) is -0.303. The second-order valence-corrected chi connectivity index (χ2v) is 5.72. The molecule has 5 nitrogen and oxygen atoms in total. The Morgan fingerprint density at radius 1 is 1.33 bits per heavy atom. The molecule has 3 fully saturated rings. The number of nitrogens with one attached hydrogen (secondary N) is 1. The third kappa shape index (κ3) is 2.36. The minimum absolute atomic E-state index is 0.00611. The van der Waals surface area contributed by atoms with Crippen LogP contribution in [0.1, 0.15) is 32.6 Å². The minimum Gasteiger partial charge on any atom is -0.371 e. The summed E-state index contributed by atoms with van der Waals surface area (Å²) in [7, 11) is 0. The van der Waals surface area contributed by atoms with Gasteiger partial charge in [-0.25, -0.2) is 0 Å². The van der Waals surface area contributed by atoms with E-state index in [0.29, 0.717) is 31.8 Å². The molecule has 0 bridgehead atoms. The van der Waals surface area contributed by atoms with Crippen molar-refractivity contribution in [2.24, 2.45) is 5.92 Å². The van der Waals surface area contributed by atoms with Crippen molar-refractivity contribution in [1.82, 2.24) is 10.2 Å². The molecule has 3 rings (SSSR count). The van der Waals surface area contributed by atoms with Crippen LogP contribution < -0.4 is 5.32 Å². The average molecular weight is 252 g/mol. The lowest BCUT2D eigenvalue weighted by atomic mass is 10.1. The molecule has 3 atom stereocenters. The Hall–Kier alpha value is -1.10. The van der Waals surface area contributed by atoms with Gasteiger partial charge < -0.3 is 15.0 Å². The molecule has 18 heavy (non-hydrogen) atoms. The predicted molar refractivity (Wildman–Crippen MR) is 64.8 cm³/mol. The second kappa shape index (κ2) is 4.53. The number of rotatable bonds is 2. The van der Waals surface area contributed by atoms with Crippen LogP contribution in [0.3, 0.4) is 0 Å². The Balaban J connectivity index is 1.63. The van der Waals surface area contributed by atoms with Crippen LogP contribution in [0.5, 0.6) is 0 Å². The zero-order valence-electron chi connectivity index (χ0n) is 10.7. The summed E-state index contributed by atoms with van der Waals surface area (Å²) in [6.07, 6.45) is 3.86. The molecule has 1 aliphatic carbocycles. The van der Waals surface area contributed by atoms with E-state index in [4.69, 9.17) is 4.74 Å². The summed E-state index contributed by atoms with van der Waals surface area (Å²) in [5.74, 6) is 0.705.